The van der Waals surface area contributed by atoms with E-state index in [2.05, 4.69) is 332 Å². The molecular weight excluding hydrogens is 1150 g/mol. The number of rotatable bonds is 4. The summed E-state index contributed by atoms with van der Waals surface area (Å²) in [5, 5.41) is 9.98. The number of halogens is 2. The molecule has 0 bridgehead atoms. The number of benzene rings is 9. The highest BCUT2D eigenvalue weighted by Gasteiger charge is 2.29. The molecule has 0 amide bonds. The van der Waals surface area contributed by atoms with Gasteiger partial charge in [-0.15, -0.1) is 0 Å². The Morgan fingerprint density at radius 3 is 0.560 bits per heavy atom. The number of nitrogens with zero attached hydrogens (tertiary/aromatic N) is 4. The summed E-state index contributed by atoms with van der Waals surface area (Å²) < 4.78 is 12.1. The molecule has 0 aliphatic carbocycles. The smallest absolute Gasteiger partial charge is 0.0656 e. The van der Waals surface area contributed by atoms with Crippen LogP contribution in [0.2, 0.25) is 0 Å². The Balaban J connectivity index is 1.10. The first kappa shape index (κ1) is 56.3. The van der Waals surface area contributed by atoms with Crippen LogP contribution in [0.1, 0.15) is 158 Å². The summed E-state index contributed by atoms with van der Waals surface area (Å²) in [5.74, 6) is 0. The van der Waals surface area contributed by atoms with E-state index in [1.807, 2.05) is 0 Å². The van der Waals surface area contributed by atoms with Gasteiger partial charge in [0.2, 0.25) is 0 Å². The number of aromatic nitrogens is 4. The summed E-state index contributed by atoms with van der Waals surface area (Å²) >= 11 is 8.79. The van der Waals surface area contributed by atoms with Crippen LogP contribution in [0.3, 0.4) is 0 Å². The quantitative estimate of drug-likeness (QED) is 0.167. The lowest BCUT2D eigenvalue weighted by molar-refractivity contribution is 0.590. The number of fused-ring (bicyclic) bond motifs is 12. The molecule has 0 spiro atoms. The van der Waals surface area contributed by atoms with Crippen molar-refractivity contribution in [1.29, 1.82) is 0 Å². The molecule has 0 aliphatic heterocycles. The van der Waals surface area contributed by atoms with Gasteiger partial charge in [0.1, 0.15) is 0 Å². The van der Waals surface area contributed by atoms with E-state index in [1.54, 1.807) is 0 Å². The highest BCUT2D eigenvalue weighted by atomic mass is 79.9. The van der Waals surface area contributed by atoms with E-state index in [-0.39, 0.29) is 32.5 Å². The average Bonchev–Trinajstić information content (AvgIpc) is 1.63. The van der Waals surface area contributed by atoms with E-state index in [1.165, 1.54) is 110 Å². The first-order valence-corrected chi connectivity index (χ1v) is 31.7. The van der Waals surface area contributed by atoms with E-state index >= 15 is 0 Å². The lowest BCUT2D eigenvalue weighted by Crippen LogP contribution is -2.10. The molecular formula is C78H80Br2N4. The Kier molecular flexibility index (Phi) is 12.6. The average molecular weight is 1230 g/mol. The predicted molar refractivity (Wildman–Crippen MR) is 371 cm³/mol. The van der Waals surface area contributed by atoms with Crippen molar-refractivity contribution in [3.8, 4) is 22.7 Å². The third-order valence-corrected chi connectivity index (χ3v) is 19.9. The van der Waals surface area contributed by atoms with Crippen LogP contribution in [0.4, 0.5) is 0 Å². The van der Waals surface area contributed by atoms with Gasteiger partial charge in [0.15, 0.2) is 0 Å². The fourth-order valence-corrected chi connectivity index (χ4v) is 14.4. The summed E-state index contributed by atoms with van der Waals surface area (Å²) in [4.78, 5) is 0. The lowest BCUT2D eigenvalue weighted by Gasteiger charge is -2.20. The van der Waals surface area contributed by atoms with E-state index in [9.17, 15) is 0 Å². The highest BCUT2D eigenvalue weighted by Crippen LogP contribution is 2.48. The van der Waals surface area contributed by atoms with Crippen LogP contribution in [0, 0.1) is 0 Å². The van der Waals surface area contributed by atoms with Gasteiger partial charge in [-0.25, -0.2) is 0 Å². The summed E-state index contributed by atoms with van der Waals surface area (Å²) in [6.45, 7) is 41.7. The molecule has 4 nitrogen and oxygen atoms in total. The topological polar surface area (TPSA) is 19.7 Å². The van der Waals surface area contributed by atoms with Gasteiger partial charge < -0.3 is 18.3 Å². The Morgan fingerprint density at radius 1 is 0.214 bits per heavy atom. The van der Waals surface area contributed by atoms with Crippen molar-refractivity contribution in [3.63, 3.8) is 0 Å². The number of hydrogen-bond donors (Lipinski definition) is 0. The fraction of sp³-hybridized carbons (Fsp3) is 0.308. The Morgan fingerprint density at radius 2 is 0.381 bits per heavy atom. The second kappa shape index (κ2) is 18.8. The van der Waals surface area contributed by atoms with Crippen molar-refractivity contribution in [2.45, 2.75) is 157 Å². The molecule has 13 aromatic rings. The maximum absolute atomic E-state index is 4.39. The van der Waals surface area contributed by atoms with Crippen molar-refractivity contribution in [2.24, 2.45) is 0 Å². The molecule has 0 fully saturated rings. The van der Waals surface area contributed by atoms with Gasteiger partial charge in [0.25, 0.3) is 0 Å². The normalized spacial score (nSPS) is 13.5. The largest absolute Gasteiger partial charge is 0.308 e. The predicted octanol–water partition coefficient (Wildman–Crippen LogP) is 23.4. The van der Waals surface area contributed by atoms with Crippen molar-refractivity contribution < 1.29 is 0 Å². The summed E-state index contributed by atoms with van der Waals surface area (Å²) in [7, 11) is 0. The zero-order valence-electron chi connectivity index (χ0n) is 52.6. The van der Waals surface area contributed by atoms with E-state index in [0.29, 0.717) is 0 Å². The molecule has 9 aromatic carbocycles. The molecule has 0 N–H and O–H groups in total. The molecule has 0 unspecified atom stereocenters. The van der Waals surface area contributed by atoms with Gasteiger partial charge in [-0.3, -0.25) is 0 Å². The standard InChI is InChI=1S/C78H80Br2N4/c1-73(2,3)45-25-31-59-51(37-45)52-38-46(74(4,5)6)26-32-60(52)81(59)65-21-19-23-67(71(65)79)83-63-35-29-49(77(13,14)15)41-55(63)57-44-70-58(43-69(57)83)56-42-50(78(16,17)18)30-36-64(56)84(70)68-24-20-22-66(72(68)80)82-61-33-27-47(75(7,8)9)39-53(61)54-40-48(76(10,11)12)28-34-62(54)82/h19-44H,1-18H3. The molecule has 426 valence electrons. The molecule has 6 heteroatoms. The molecule has 4 heterocycles. The third kappa shape index (κ3) is 8.92. The third-order valence-electron chi connectivity index (χ3n) is 18.3. The minimum absolute atomic E-state index is 0.00217. The monoisotopic (exact) mass is 1230 g/mol. The second-order valence-electron chi connectivity index (χ2n) is 30.3. The summed E-state index contributed by atoms with van der Waals surface area (Å²) in [6.07, 6.45) is 0. The van der Waals surface area contributed by atoms with Crippen molar-refractivity contribution >= 4 is 119 Å². The maximum atomic E-state index is 4.39. The van der Waals surface area contributed by atoms with Crippen molar-refractivity contribution in [1.82, 2.24) is 18.3 Å². The van der Waals surface area contributed by atoms with Crippen LogP contribution in [0.5, 0.6) is 0 Å². The Labute approximate surface area is 513 Å². The van der Waals surface area contributed by atoms with Gasteiger partial charge in [-0.2, -0.15) is 0 Å². The summed E-state index contributed by atoms with van der Waals surface area (Å²) in [5.41, 5.74) is 21.6. The first-order chi connectivity index (χ1) is 39.3. The minimum atomic E-state index is -0.0670. The van der Waals surface area contributed by atoms with Crippen LogP contribution >= 0.6 is 31.9 Å². The fourth-order valence-electron chi connectivity index (χ4n) is 13.1. The zero-order chi connectivity index (χ0) is 59.9. The van der Waals surface area contributed by atoms with E-state index < -0.39 is 0 Å². The van der Waals surface area contributed by atoms with Crippen LogP contribution in [0.25, 0.3) is 110 Å². The second-order valence-corrected chi connectivity index (χ2v) is 31.9. The molecule has 13 rings (SSSR count). The SMILES string of the molecule is CC(C)(C)c1ccc2c(c1)c1cc(C(C)(C)C)ccc1n2-c1cccc(-n2c3ccc(C(C)(C)C)cc3c3cc4c(cc32)c2cc(C(C)(C)C)ccc2n4-c2cccc(-n3c4ccc(C(C)(C)C)cc4c4cc(C(C)(C)C)ccc43)c2Br)c1Br. The minimum Gasteiger partial charge on any atom is -0.308 e. The highest BCUT2D eigenvalue weighted by molar-refractivity contribution is 9.11. The van der Waals surface area contributed by atoms with Crippen molar-refractivity contribution in [3.05, 3.63) is 200 Å². The number of hydrogen-bond acceptors (Lipinski definition) is 0. The lowest BCUT2D eigenvalue weighted by atomic mass is 9.85. The van der Waals surface area contributed by atoms with Gasteiger partial charge >= 0.3 is 0 Å². The Bertz CT molecular complexity index is 4450. The molecule has 4 aromatic heterocycles. The van der Waals surface area contributed by atoms with Crippen molar-refractivity contribution in [2.75, 3.05) is 0 Å². The van der Waals surface area contributed by atoms with Gasteiger partial charge in [0.05, 0.1) is 75.8 Å². The molecule has 0 saturated heterocycles. The van der Waals surface area contributed by atoms with Gasteiger partial charge in [0, 0.05) is 43.1 Å². The van der Waals surface area contributed by atoms with E-state index in [4.69, 9.17) is 0 Å². The molecule has 0 saturated carbocycles. The van der Waals surface area contributed by atoms with Gasteiger partial charge in [-0.05, 0) is 207 Å². The van der Waals surface area contributed by atoms with Crippen LogP contribution in [-0.2, 0) is 32.5 Å². The molecule has 0 atom stereocenters. The summed E-state index contributed by atoms with van der Waals surface area (Å²) in [6, 6.07) is 61.5. The van der Waals surface area contributed by atoms with Crippen LogP contribution in [0.15, 0.2) is 167 Å². The molecule has 84 heavy (non-hydrogen) atoms. The Hall–Kier alpha value is -6.86. The first-order valence-electron chi connectivity index (χ1n) is 30.1. The van der Waals surface area contributed by atoms with Gasteiger partial charge in [-0.1, -0.05) is 173 Å². The van der Waals surface area contributed by atoms with Crippen LogP contribution < -0.4 is 0 Å². The van der Waals surface area contributed by atoms with Crippen LogP contribution in [-0.4, -0.2) is 18.3 Å². The van der Waals surface area contributed by atoms with E-state index in [0.717, 1.165) is 42.7 Å². The molecule has 0 aliphatic rings. The maximum Gasteiger partial charge on any atom is 0.0656 e. The zero-order valence-corrected chi connectivity index (χ0v) is 55.7. The molecule has 0 radical (unpaired) electrons.